The molecule has 1 fully saturated rings. The maximum Gasteiger partial charge on any atom is 0.234 e. The summed E-state index contributed by atoms with van der Waals surface area (Å²) in [6.07, 6.45) is 1.70. The zero-order chi connectivity index (χ0) is 15.8. The van der Waals surface area contributed by atoms with E-state index in [2.05, 4.69) is 10.2 Å². The maximum atomic E-state index is 11.7. The Morgan fingerprint density at radius 2 is 2.05 bits per heavy atom. The van der Waals surface area contributed by atoms with Crippen molar-refractivity contribution in [2.45, 2.75) is 25.4 Å². The van der Waals surface area contributed by atoms with Crippen LogP contribution in [0.4, 0.5) is 0 Å². The van der Waals surface area contributed by atoms with E-state index in [0.29, 0.717) is 19.5 Å². The van der Waals surface area contributed by atoms with Crippen molar-refractivity contribution in [3.05, 3.63) is 35.9 Å². The molecule has 2 rings (SSSR count). The van der Waals surface area contributed by atoms with Crippen LogP contribution in [0.25, 0.3) is 0 Å². The first-order chi connectivity index (χ1) is 10.7. The molecule has 1 amide bonds. The number of aliphatic hydroxyl groups is 1. The van der Waals surface area contributed by atoms with E-state index in [-0.39, 0.29) is 11.8 Å². The van der Waals surface area contributed by atoms with E-state index in [9.17, 15) is 9.90 Å². The van der Waals surface area contributed by atoms with Gasteiger partial charge < -0.3 is 10.4 Å². The molecule has 5 nitrogen and oxygen atoms in total. The van der Waals surface area contributed by atoms with E-state index in [1.54, 1.807) is 0 Å². The number of carbonyl (C=O) groups excluding carboxylic acids is 1. The van der Waals surface area contributed by atoms with Crippen LogP contribution < -0.4 is 5.32 Å². The Morgan fingerprint density at radius 3 is 2.68 bits per heavy atom. The molecule has 0 aliphatic carbocycles. The standard InChI is InChI=1S/C17H23N3O2/c18-9-4-10-19-16(21)13-20-11-7-15(8-12-20)17(22)14-5-2-1-3-6-14/h1-3,5-6,15,17,22H,4,7-8,10-13H2,(H,19,21)/t17-/m0/s1. The van der Waals surface area contributed by atoms with Gasteiger partial charge in [0, 0.05) is 6.54 Å². The van der Waals surface area contributed by atoms with Gasteiger partial charge in [-0.1, -0.05) is 30.3 Å². The summed E-state index contributed by atoms with van der Waals surface area (Å²) in [6, 6.07) is 11.8. The highest BCUT2D eigenvalue weighted by Crippen LogP contribution is 2.30. The fraction of sp³-hybridized carbons (Fsp3) is 0.529. The lowest BCUT2D eigenvalue weighted by Gasteiger charge is -2.33. The van der Waals surface area contributed by atoms with Crippen molar-refractivity contribution in [2.24, 2.45) is 5.92 Å². The molecule has 0 saturated carbocycles. The molecular formula is C17H23N3O2. The van der Waals surface area contributed by atoms with Crippen molar-refractivity contribution in [3.63, 3.8) is 0 Å². The second kappa shape index (κ2) is 8.52. The molecule has 1 aromatic rings. The Bertz CT molecular complexity index is 504. The molecule has 0 unspecified atom stereocenters. The lowest BCUT2D eigenvalue weighted by molar-refractivity contribution is -0.122. The Kier molecular flexibility index (Phi) is 6.38. The fourth-order valence-electron chi connectivity index (χ4n) is 2.87. The van der Waals surface area contributed by atoms with Crippen molar-refractivity contribution in [2.75, 3.05) is 26.2 Å². The van der Waals surface area contributed by atoms with Crippen molar-refractivity contribution in [1.29, 1.82) is 5.26 Å². The maximum absolute atomic E-state index is 11.7. The second-order valence-electron chi connectivity index (χ2n) is 5.73. The summed E-state index contributed by atoms with van der Waals surface area (Å²) in [5.41, 5.74) is 0.968. The predicted octanol–water partition coefficient (Wildman–Crippen LogP) is 1.46. The summed E-state index contributed by atoms with van der Waals surface area (Å²) in [6.45, 7) is 2.43. The first kappa shape index (κ1) is 16.5. The van der Waals surface area contributed by atoms with Crippen LogP contribution in [0.5, 0.6) is 0 Å². The largest absolute Gasteiger partial charge is 0.388 e. The van der Waals surface area contributed by atoms with Crippen LogP contribution in [-0.2, 0) is 4.79 Å². The van der Waals surface area contributed by atoms with Gasteiger partial charge in [0.1, 0.15) is 0 Å². The molecule has 2 N–H and O–H groups in total. The van der Waals surface area contributed by atoms with Gasteiger partial charge in [-0.05, 0) is 37.4 Å². The number of rotatable bonds is 6. The number of carbonyl (C=O) groups is 1. The van der Waals surface area contributed by atoms with Gasteiger partial charge in [-0.2, -0.15) is 5.26 Å². The summed E-state index contributed by atoms with van der Waals surface area (Å²) in [5.74, 6) is 0.220. The number of nitrogens with zero attached hydrogens (tertiary/aromatic N) is 2. The summed E-state index contributed by atoms with van der Waals surface area (Å²) in [4.78, 5) is 13.8. The summed E-state index contributed by atoms with van der Waals surface area (Å²) in [5, 5.41) is 21.6. The molecule has 1 atom stereocenters. The lowest BCUT2D eigenvalue weighted by Crippen LogP contribution is -2.42. The highest BCUT2D eigenvalue weighted by molar-refractivity contribution is 5.78. The van der Waals surface area contributed by atoms with Gasteiger partial charge in [0.2, 0.25) is 5.91 Å². The third kappa shape index (κ3) is 4.83. The SMILES string of the molecule is N#CCCNC(=O)CN1CCC([C@@H](O)c2ccccc2)CC1. The highest BCUT2D eigenvalue weighted by atomic mass is 16.3. The number of piperidine rings is 1. The first-order valence-electron chi connectivity index (χ1n) is 7.79. The highest BCUT2D eigenvalue weighted by Gasteiger charge is 2.26. The topological polar surface area (TPSA) is 76.4 Å². The van der Waals surface area contributed by atoms with Gasteiger partial charge in [0.15, 0.2) is 0 Å². The normalized spacial score (nSPS) is 17.6. The van der Waals surface area contributed by atoms with Crippen LogP contribution in [0.1, 0.15) is 30.9 Å². The van der Waals surface area contributed by atoms with Crippen LogP contribution in [0.3, 0.4) is 0 Å². The predicted molar refractivity (Wildman–Crippen MR) is 83.8 cm³/mol. The molecule has 0 spiro atoms. The van der Waals surface area contributed by atoms with Gasteiger partial charge in [-0.3, -0.25) is 9.69 Å². The Morgan fingerprint density at radius 1 is 1.36 bits per heavy atom. The number of aliphatic hydroxyl groups excluding tert-OH is 1. The molecule has 1 saturated heterocycles. The number of nitrogens with one attached hydrogen (secondary N) is 1. The van der Waals surface area contributed by atoms with Gasteiger partial charge in [0.05, 0.1) is 25.1 Å². The molecular weight excluding hydrogens is 278 g/mol. The van der Waals surface area contributed by atoms with Crippen molar-refractivity contribution >= 4 is 5.91 Å². The van der Waals surface area contributed by atoms with Crippen LogP contribution >= 0.6 is 0 Å². The average molecular weight is 301 g/mol. The molecule has 22 heavy (non-hydrogen) atoms. The molecule has 0 bridgehead atoms. The molecule has 5 heteroatoms. The van der Waals surface area contributed by atoms with Crippen molar-refractivity contribution < 1.29 is 9.90 Å². The van der Waals surface area contributed by atoms with E-state index < -0.39 is 6.10 Å². The second-order valence-corrected chi connectivity index (χ2v) is 5.73. The van der Waals surface area contributed by atoms with Crippen molar-refractivity contribution in [3.8, 4) is 6.07 Å². The Balaban J connectivity index is 1.74. The number of amides is 1. The Hall–Kier alpha value is -1.90. The zero-order valence-electron chi connectivity index (χ0n) is 12.7. The van der Waals surface area contributed by atoms with E-state index in [1.165, 1.54) is 0 Å². The smallest absolute Gasteiger partial charge is 0.234 e. The fourth-order valence-corrected chi connectivity index (χ4v) is 2.87. The van der Waals surface area contributed by atoms with Gasteiger partial charge in [-0.15, -0.1) is 0 Å². The summed E-state index contributed by atoms with van der Waals surface area (Å²) < 4.78 is 0. The van der Waals surface area contributed by atoms with E-state index in [0.717, 1.165) is 31.5 Å². The van der Waals surface area contributed by atoms with E-state index in [4.69, 9.17) is 5.26 Å². The number of nitriles is 1. The Labute approximate surface area is 131 Å². The van der Waals surface area contributed by atoms with Gasteiger partial charge in [-0.25, -0.2) is 0 Å². The third-order valence-corrected chi connectivity index (χ3v) is 4.15. The molecule has 0 aromatic heterocycles. The number of hydrogen-bond donors (Lipinski definition) is 2. The minimum atomic E-state index is -0.423. The first-order valence-corrected chi connectivity index (χ1v) is 7.79. The third-order valence-electron chi connectivity index (χ3n) is 4.15. The molecule has 1 heterocycles. The van der Waals surface area contributed by atoms with Crippen LogP contribution in [0, 0.1) is 17.2 Å². The number of likely N-dealkylation sites (tertiary alicyclic amines) is 1. The molecule has 1 aromatic carbocycles. The average Bonchev–Trinajstić information content (AvgIpc) is 2.56. The minimum Gasteiger partial charge on any atom is -0.388 e. The van der Waals surface area contributed by atoms with E-state index in [1.807, 2.05) is 36.4 Å². The monoisotopic (exact) mass is 301 g/mol. The van der Waals surface area contributed by atoms with Crippen LogP contribution in [0.2, 0.25) is 0 Å². The van der Waals surface area contributed by atoms with E-state index >= 15 is 0 Å². The zero-order valence-corrected chi connectivity index (χ0v) is 12.7. The molecule has 0 radical (unpaired) electrons. The quantitative estimate of drug-likeness (QED) is 0.780. The molecule has 118 valence electrons. The summed E-state index contributed by atoms with van der Waals surface area (Å²) in [7, 11) is 0. The van der Waals surface area contributed by atoms with Gasteiger partial charge in [0.25, 0.3) is 0 Å². The number of hydrogen-bond acceptors (Lipinski definition) is 4. The lowest BCUT2D eigenvalue weighted by atomic mass is 9.87. The molecule has 1 aliphatic heterocycles. The van der Waals surface area contributed by atoms with Crippen molar-refractivity contribution in [1.82, 2.24) is 10.2 Å². The summed E-state index contributed by atoms with van der Waals surface area (Å²) >= 11 is 0. The van der Waals surface area contributed by atoms with Gasteiger partial charge >= 0.3 is 0 Å². The van der Waals surface area contributed by atoms with Crippen LogP contribution in [0.15, 0.2) is 30.3 Å². The number of benzene rings is 1. The minimum absolute atomic E-state index is 0.0303. The molecule has 1 aliphatic rings. The van der Waals surface area contributed by atoms with Crippen LogP contribution in [-0.4, -0.2) is 42.1 Å².